The van der Waals surface area contributed by atoms with E-state index in [0.29, 0.717) is 11.3 Å². The predicted octanol–water partition coefficient (Wildman–Crippen LogP) is 3.84. The normalized spacial score (nSPS) is 22.8. The number of piperidine rings is 1. The molecule has 6 heteroatoms. The molecule has 150 valence electrons. The van der Waals surface area contributed by atoms with Crippen molar-refractivity contribution < 1.29 is 23.9 Å². The molecule has 27 heavy (non-hydrogen) atoms. The van der Waals surface area contributed by atoms with Crippen LogP contribution in [0.2, 0.25) is 0 Å². The number of carbonyl (C=O) groups is 2. The topological polar surface area (TPSA) is 65.1 Å². The Morgan fingerprint density at radius 3 is 2.19 bits per heavy atom. The quantitative estimate of drug-likeness (QED) is 0.518. The molecule has 0 aromatic heterocycles. The van der Waals surface area contributed by atoms with E-state index in [1.54, 1.807) is 26.0 Å². The summed E-state index contributed by atoms with van der Waals surface area (Å²) in [6.07, 6.45) is 7.80. The largest absolute Gasteiger partial charge is 0.463 e. The van der Waals surface area contributed by atoms with Gasteiger partial charge in [0.15, 0.2) is 5.76 Å². The fraction of sp³-hybridized carbons (Fsp3) is 0.619. The molecule has 1 heterocycles. The zero-order valence-electron chi connectivity index (χ0n) is 17.3. The molecule has 6 nitrogen and oxygen atoms in total. The Kier molecular flexibility index (Phi) is 6.52. The Balaban J connectivity index is 2.40. The van der Waals surface area contributed by atoms with Crippen molar-refractivity contribution in [2.75, 3.05) is 13.2 Å². The summed E-state index contributed by atoms with van der Waals surface area (Å²) in [4.78, 5) is 30.7. The highest BCUT2D eigenvalue weighted by Gasteiger charge is 2.44. The summed E-state index contributed by atoms with van der Waals surface area (Å²) >= 11 is 0. The van der Waals surface area contributed by atoms with Crippen molar-refractivity contribution >= 4 is 11.9 Å². The van der Waals surface area contributed by atoms with Crippen LogP contribution < -0.4 is 0 Å². The van der Waals surface area contributed by atoms with Gasteiger partial charge in [-0.1, -0.05) is 0 Å². The molecule has 0 aromatic carbocycles. The van der Waals surface area contributed by atoms with E-state index in [-0.39, 0.29) is 29.9 Å². The van der Waals surface area contributed by atoms with Crippen LogP contribution in [0.3, 0.4) is 0 Å². The lowest BCUT2D eigenvalue weighted by Gasteiger charge is -2.51. The van der Waals surface area contributed by atoms with Crippen molar-refractivity contribution in [3.63, 3.8) is 0 Å². The lowest BCUT2D eigenvalue weighted by atomic mass is 9.82. The highest BCUT2D eigenvalue weighted by atomic mass is 16.7. The zero-order valence-corrected chi connectivity index (χ0v) is 17.3. The van der Waals surface area contributed by atoms with Gasteiger partial charge in [0.05, 0.1) is 24.3 Å². The Morgan fingerprint density at radius 1 is 1.04 bits per heavy atom. The van der Waals surface area contributed by atoms with Crippen LogP contribution in [0.4, 0.5) is 0 Å². The van der Waals surface area contributed by atoms with Crippen molar-refractivity contribution in [2.24, 2.45) is 0 Å². The van der Waals surface area contributed by atoms with E-state index in [1.807, 2.05) is 5.06 Å². The molecule has 0 saturated carbocycles. The summed E-state index contributed by atoms with van der Waals surface area (Å²) < 4.78 is 10.2. The van der Waals surface area contributed by atoms with Crippen LogP contribution in [-0.2, 0) is 23.9 Å². The van der Waals surface area contributed by atoms with Crippen LogP contribution in [0.1, 0.15) is 60.8 Å². The van der Waals surface area contributed by atoms with E-state index in [4.69, 9.17) is 14.3 Å². The molecule has 2 aliphatic rings. The van der Waals surface area contributed by atoms with Gasteiger partial charge in [0.2, 0.25) is 0 Å². The van der Waals surface area contributed by atoms with Gasteiger partial charge in [-0.2, -0.15) is 0 Å². The first-order chi connectivity index (χ1) is 12.6. The third-order valence-corrected chi connectivity index (χ3v) is 4.86. The van der Waals surface area contributed by atoms with Gasteiger partial charge in [0, 0.05) is 11.6 Å². The summed E-state index contributed by atoms with van der Waals surface area (Å²) in [7, 11) is 0. The molecule has 2 rings (SSSR count). The Bertz CT molecular complexity index is 669. The molecular weight excluding hydrogens is 346 g/mol. The predicted molar refractivity (Wildman–Crippen MR) is 102 cm³/mol. The monoisotopic (exact) mass is 377 g/mol. The number of nitrogens with zero attached hydrogens (tertiary/aromatic N) is 1. The van der Waals surface area contributed by atoms with Crippen molar-refractivity contribution in [1.29, 1.82) is 0 Å². The molecule has 0 spiro atoms. The number of ether oxygens (including phenoxy) is 2. The first-order valence-corrected chi connectivity index (χ1v) is 9.59. The maximum Gasteiger partial charge on any atom is 0.342 e. The number of hydrogen-bond donors (Lipinski definition) is 0. The SMILES string of the molecule is CCOC(=O)/C=C1\C=CC(ON2C(C)(C)CCCC2(C)C)=C1C(=O)OCC. The fourth-order valence-corrected chi connectivity index (χ4v) is 3.72. The maximum atomic E-state index is 12.6. The second kappa shape index (κ2) is 8.30. The average Bonchev–Trinajstić information content (AvgIpc) is 2.93. The van der Waals surface area contributed by atoms with E-state index in [0.717, 1.165) is 19.3 Å². The number of allylic oxidation sites excluding steroid dienone is 2. The van der Waals surface area contributed by atoms with E-state index >= 15 is 0 Å². The first kappa shape index (κ1) is 21.2. The van der Waals surface area contributed by atoms with Crippen molar-refractivity contribution in [3.05, 3.63) is 35.1 Å². The minimum Gasteiger partial charge on any atom is -0.463 e. The molecule has 0 unspecified atom stereocenters. The highest BCUT2D eigenvalue weighted by Crippen LogP contribution is 2.40. The maximum absolute atomic E-state index is 12.6. The molecule has 0 bridgehead atoms. The molecule has 1 saturated heterocycles. The van der Waals surface area contributed by atoms with Gasteiger partial charge in [-0.25, -0.2) is 9.59 Å². The van der Waals surface area contributed by atoms with Crippen molar-refractivity contribution in [3.8, 4) is 0 Å². The van der Waals surface area contributed by atoms with E-state index in [2.05, 4.69) is 27.7 Å². The standard InChI is InChI=1S/C21H31NO5/c1-7-25-17(23)14-15-10-11-16(18(15)19(24)26-8-2)27-22-20(3,4)12-9-13-21(22,5)6/h10-11,14H,7-9,12-13H2,1-6H3/b15-14+. The van der Waals surface area contributed by atoms with Gasteiger partial charge in [-0.15, -0.1) is 5.06 Å². The number of carbonyl (C=O) groups excluding carboxylic acids is 2. The molecule has 1 fully saturated rings. The van der Waals surface area contributed by atoms with Crippen molar-refractivity contribution in [1.82, 2.24) is 5.06 Å². The van der Waals surface area contributed by atoms with Gasteiger partial charge in [-0.05, 0) is 73.0 Å². The van der Waals surface area contributed by atoms with Gasteiger partial charge < -0.3 is 14.3 Å². The van der Waals surface area contributed by atoms with E-state index in [9.17, 15) is 9.59 Å². The summed E-state index contributed by atoms with van der Waals surface area (Å²) in [5.41, 5.74) is 0.322. The van der Waals surface area contributed by atoms with Gasteiger partial charge in [0.25, 0.3) is 0 Å². The number of esters is 2. The minimum atomic E-state index is -0.513. The van der Waals surface area contributed by atoms with Crippen LogP contribution in [0.25, 0.3) is 0 Å². The van der Waals surface area contributed by atoms with Crippen LogP contribution in [-0.4, -0.2) is 41.3 Å². The fourth-order valence-electron chi connectivity index (χ4n) is 3.72. The van der Waals surface area contributed by atoms with Gasteiger partial charge in [-0.3, -0.25) is 0 Å². The molecule has 0 atom stereocenters. The van der Waals surface area contributed by atoms with Crippen molar-refractivity contribution in [2.45, 2.75) is 71.9 Å². The number of hydroxylamine groups is 2. The zero-order chi connectivity index (χ0) is 20.2. The summed E-state index contributed by atoms with van der Waals surface area (Å²) in [5.74, 6) is -0.619. The molecular formula is C21H31NO5. The lowest BCUT2D eigenvalue weighted by molar-refractivity contribution is -0.253. The van der Waals surface area contributed by atoms with Crippen LogP contribution in [0.5, 0.6) is 0 Å². The third-order valence-electron chi connectivity index (χ3n) is 4.86. The number of rotatable bonds is 6. The molecule has 0 radical (unpaired) electrons. The highest BCUT2D eigenvalue weighted by molar-refractivity contribution is 5.99. The molecule has 1 aliphatic carbocycles. The van der Waals surface area contributed by atoms with Gasteiger partial charge in [0.1, 0.15) is 5.57 Å². The van der Waals surface area contributed by atoms with Gasteiger partial charge >= 0.3 is 11.9 Å². The van der Waals surface area contributed by atoms with Crippen LogP contribution in [0.15, 0.2) is 35.1 Å². The second-order valence-corrected chi connectivity index (χ2v) is 8.01. The molecule has 1 aliphatic heterocycles. The van der Waals surface area contributed by atoms with E-state index < -0.39 is 11.9 Å². The molecule has 0 N–H and O–H groups in total. The molecule has 0 aromatic rings. The lowest BCUT2D eigenvalue weighted by Crippen LogP contribution is -2.58. The Labute approximate surface area is 161 Å². The minimum absolute atomic E-state index is 0.185. The smallest absolute Gasteiger partial charge is 0.342 e. The Morgan fingerprint density at radius 2 is 1.63 bits per heavy atom. The van der Waals surface area contributed by atoms with Crippen LogP contribution >= 0.6 is 0 Å². The van der Waals surface area contributed by atoms with E-state index in [1.165, 1.54) is 6.08 Å². The average molecular weight is 377 g/mol. The summed E-state index contributed by atoms with van der Waals surface area (Å²) in [6.45, 7) is 12.5. The number of hydrogen-bond acceptors (Lipinski definition) is 6. The summed E-state index contributed by atoms with van der Waals surface area (Å²) in [5, 5.41) is 1.97. The second-order valence-electron chi connectivity index (χ2n) is 8.01. The third kappa shape index (κ3) is 4.80. The first-order valence-electron chi connectivity index (χ1n) is 9.59. The summed E-state index contributed by atoms with van der Waals surface area (Å²) in [6, 6.07) is 0. The Hall–Kier alpha value is -2.08. The van der Waals surface area contributed by atoms with Crippen LogP contribution in [0, 0.1) is 0 Å². The molecule has 0 amide bonds.